The van der Waals surface area contributed by atoms with E-state index in [4.69, 9.17) is 4.42 Å². The van der Waals surface area contributed by atoms with Crippen LogP contribution in [0.25, 0.3) is 0 Å². The van der Waals surface area contributed by atoms with Gasteiger partial charge >= 0.3 is 0 Å². The Labute approximate surface area is 105 Å². The van der Waals surface area contributed by atoms with Crippen molar-refractivity contribution in [2.75, 3.05) is 0 Å². The largest absolute Gasteiger partial charge is 0.416 e. The molecule has 7 heteroatoms. The summed E-state index contributed by atoms with van der Waals surface area (Å²) in [5.74, 6) is 0.655. The second-order valence-corrected chi connectivity index (χ2v) is 4.83. The number of nitrogens with zero attached hydrogens (tertiary/aromatic N) is 4. The standard InChI is InChI=1S/C9H9BrN4OS/c1-2-3-7-13-14-9(15-7)16-8-11-4-6(10)5-12-8/h4-5H,2-3H2,1H3. The summed E-state index contributed by atoms with van der Waals surface area (Å²) in [7, 11) is 0. The Morgan fingerprint density at radius 1 is 1.31 bits per heavy atom. The van der Waals surface area contributed by atoms with E-state index in [1.165, 1.54) is 11.8 Å². The van der Waals surface area contributed by atoms with Crippen molar-refractivity contribution in [3.05, 3.63) is 22.8 Å². The van der Waals surface area contributed by atoms with Crippen molar-refractivity contribution < 1.29 is 4.42 Å². The van der Waals surface area contributed by atoms with Crippen molar-refractivity contribution in [1.82, 2.24) is 20.2 Å². The van der Waals surface area contributed by atoms with Crippen LogP contribution in [0, 0.1) is 0 Å². The Balaban J connectivity index is 2.05. The molecule has 2 rings (SSSR count). The predicted octanol–water partition coefficient (Wildman–Crippen LogP) is 2.73. The first-order valence-electron chi connectivity index (χ1n) is 4.75. The zero-order chi connectivity index (χ0) is 11.4. The fourth-order valence-corrected chi connectivity index (χ4v) is 1.82. The first kappa shape index (κ1) is 11.5. The lowest BCUT2D eigenvalue weighted by Crippen LogP contribution is -1.84. The zero-order valence-corrected chi connectivity index (χ0v) is 11.0. The highest BCUT2D eigenvalue weighted by Crippen LogP contribution is 2.23. The van der Waals surface area contributed by atoms with Crippen molar-refractivity contribution >= 4 is 27.7 Å². The molecule has 0 fully saturated rings. The monoisotopic (exact) mass is 300 g/mol. The summed E-state index contributed by atoms with van der Waals surface area (Å²) in [5, 5.41) is 8.89. The van der Waals surface area contributed by atoms with Crippen LogP contribution in [0.2, 0.25) is 0 Å². The van der Waals surface area contributed by atoms with Gasteiger partial charge in [0.15, 0.2) is 5.16 Å². The van der Waals surface area contributed by atoms with Gasteiger partial charge in [0.1, 0.15) is 0 Å². The summed E-state index contributed by atoms with van der Waals surface area (Å²) >= 11 is 4.53. The molecule has 5 nitrogen and oxygen atoms in total. The van der Waals surface area contributed by atoms with Gasteiger partial charge in [-0.15, -0.1) is 10.2 Å². The Hall–Kier alpha value is -0.950. The number of aromatic nitrogens is 4. The third kappa shape index (κ3) is 3.02. The maximum absolute atomic E-state index is 5.41. The van der Waals surface area contributed by atoms with Gasteiger partial charge in [-0.25, -0.2) is 9.97 Å². The van der Waals surface area contributed by atoms with Crippen molar-refractivity contribution in [3.63, 3.8) is 0 Å². The molecular weight excluding hydrogens is 292 g/mol. The molecular formula is C9H9BrN4OS. The molecule has 2 aromatic heterocycles. The van der Waals surface area contributed by atoms with Crippen LogP contribution in [0.5, 0.6) is 0 Å². The first-order chi connectivity index (χ1) is 7.78. The predicted molar refractivity (Wildman–Crippen MR) is 62.1 cm³/mol. The molecule has 0 aromatic carbocycles. The van der Waals surface area contributed by atoms with Crippen LogP contribution in [0.4, 0.5) is 0 Å². The van der Waals surface area contributed by atoms with Crippen LogP contribution in [0.3, 0.4) is 0 Å². The van der Waals surface area contributed by atoms with Gasteiger partial charge in [-0.3, -0.25) is 0 Å². The molecule has 0 atom stereocenters. The molecule has 0 N–H and O–H groups in total. The van der Waals surface area contributed by atoms with Crippen molar-refractivity contribution in [3.8, 4) is 0 Å². The number of halogens is 1. The van der Waals surface area contributed by atoms with Crippen LogP contribution in [0.1, 0.15) is 19.2 Å². The van der Waals surface area contributed by atoms with Crippen LogP contribution >= 0.6 is 27.7 Å². The summed E-state index contributed by atoms with van der Waals surface area (Å²) in [6.07, 6.45) is 5.15. The average molecular weight is 301 g/mol. The van der Waals surface area contributed by atoms with E-state index in [2.05, 4.69) is 43.0 Å². The molecule has 0 amide bonds. The van der Waals surface area contributed by atoms with Gasteiger partial charge in [-0.2, -0.15) is 0 Å². The van der Waals surface area contributed by atoms with Crippen LogP contribution in [-0.2, 0) is 6.42 Å². The summed E-state index contributed by atoms with van der Waals surface area (Å²) in [6, 6.07) is 0. The fraction of sp³-hybridized carbons (Fsp3) is 0.333. The fourth-order valence-electron chi connectivity index (χ4n) is 1.03. The lowest BCUT2D eigenvalue weighted by molar-refractivity contribution is 0.411. The minimum absolute atomic E-state index is 0.478. The first-order valence-corrected chi connectivity index (χ1v) is 6.36. The summed E-state index contributed by atoms with van der Waals surface area (Å²) in [4.78, 5) is 8.21. The van der Waals surface area contributed by atoms with E-state index in [0.29, 0.717) is 16.3 Å². The second-order valence-electron chi connectivity index (χ2n) is 3.00. The Morgan fingerprint density at radius 3 is 2.75 bits per heavy atom. The van der Waals surface area contributed by atoms with E-state index < -0.39 is 0 Å². The van der Waals surface area contributed by atoms with E-state index in [-0.39, 0.29) is 0 Å². The van der Waals surface area contributed by atoms with E-state index >= 15 is 0 Å². The van der Waals surface area contributed by atoms with Gasteiger partial charge in [-0.05, 0) is 22.4 Å². The molecule has 0 unspecified atom stereocenters. The molecule has 0 saturated carbocycles. The third-order valence-corrected chi connectivity index (χ3v) is 2.83. The second kappa shape index (κ2) is 5.40. The molecule has 0 bridgehead atoms. The van der Waals surface area contributed by atoms with Crippen molar-refractivity contribution in [2.24, 2.45) is 0 Å². The minimum Gasteiger partial charge on any atom is -0.416 e. The smallest absolute Gasteiger partial charge is 0.284 e. The summed E-state index contributed by atoms with van der Waals surface area (Å²) in [6.45, 7) is 2.06. The van der Waals surface area contributed by atoms with E-state index in [9.17, 15) is 0 Å². The molecule has 2 aromatic rings. The van der Waals surface area contributed by atoms with Gasteiger partial charge in [0.2, 0.25) is 5.89 Å². The third-order valence-electron chi connectivity index (χ3n) is 1.69. The van der Waals surface area contributed by atoms with Crippen molar-refractivity contribution in [2.45, 2.75) is 30.1 Å². The SMILES string of the molecule is CCCc1nnc(Sc2ncc(Br)cn2)o1. The topological polar surface area (TPSA) is 64.7 Å². The summed E-state index contributed by atoms with van der Waals surface area (Å²) < 4.78 is 6.25. The quantitative estimate of drug-likeness (QED) is 0.809. The Morgan fingerprint density at radius 2 is 2.06 bits per heavy atom. The number of aryl methyl sites for hydroxylation is 1. The minimum atomic E-state index is 0.478. The highest BCUT2D eigenvalue weighted by atomic mass is 79.9. The van der Waals surface area contributed by atoms with E-state index in [1.54, 1.807) is 12.4 Å². The number of hydrogen-bond acceptors (Lipinski definition) is 6. The lowest BCUT2D eigenvalue weighted by atomic mass is 10.3. The maximum atomic E-state index is 5.41. The van der Waals surface area contributed by atoms with Gasteiger partial charge in [0.25, 0.3) is 5.22 Å². The van der Waals surface area contributed by atoms with Gasteiger partial charge in [0, 0.05) is 30.6 Å². The Bertz CT molecular complexity index is 459. The number of rotatable bonds is 4. The molecule has 2 heterocycles. The molecule has 0 aliphatic rings. The van der Waals surface area contributed by atoms with Crippen molar-refractivity contribution in [1.29, 1.82) is 0 Å². The number of hydrogen-bond donors (Lipinski definition) is 0. The zero-order valence-electron chi connectivity index (χ0n) is 8.55. The lowest BCUT2D eigenvalue weighted by Gasteiger charge is -1.93. The normalized spacial score (nSPS) is 10.6. The van der Waals surface area contributed by atoms with Gasteiger partial charge in [0.05, 0.1) is 4.47 Å². The van der Waals surface area contributed by atoms with Gasteiger partial charge in [-0.1, -0.05) is 6.92 Å². The summed E-state index contributed by atoms with van der Waals surface area (Å²) in [5.41, 5.74) is 0. The maximum Gasteiger partial charge on any atom is 0.284 e. The van der Waals surface area contributed by atoms with Crippen LogP contribution < -0.4 is 0 Å². The van der Waals surface area contributed by atoms with E-state index in [0.717, 1.165) is 17.3 Å². The molecule has 0 radical (unpaired) electrons. The molecule has 0 saturated heterocycles. The van der Waals surface area contributed by atoms with Gasteiger partial charge < -0.3 is 4.42 Å². The molecule has 0 aliphatic heterocycles. The molecule has 0 aliphatic carbocycles. The molecule has 84 valence electrons. The average Bonchev–Trinajstić information content (AvgIpc) is 2.70. The van der Waals surface area contributed by atoms with E-state index in [1.807, 2.05) is 0 Å². The molecule has 0 spiro atoms. The molecule has 16 heavy (non-hydrogen) atoms. The highest BCUT2D eigenvalue weighted by molar-refractivity contribution is 9.10. The van der Waals surface area contributed by atoms with Crippen LogP contribution in [0.15, 0.2) is 31.7 Å². The van der Waals surface area contributed by atoms with Crippen LogP contribution in [-0.4, -0.2) is 20.2 Å². The Kier molecular flexibility index (Phi) is 3.89. The highest BCUT2D eigenvalue weighted by Gasteiger charge is 2.08.